The van der Waals surface area contributed by atoms with Crippen LogP contribution >= 0.6 is 0 Å². The number of pyridine rings is 1. The molecule has 1 aromatic carbocycles. The van der Waals surface area contributed by atoms with E-state index in [1.54, 1.807) is 47.6 Å². The molecule has 2 amide bonds. The Morgan fingerprint density at radius 3 is 2.77 bits per heavy atom. The third kappa shape index (κ3) is 4.18. The molecule has 2 heterocycles. The Hall–Kier alpha value is -2.93. The van der Waals surface area contributed by atoms with Gasteiger partial charge in [0.1, 0.15) is 5.75 Å². The third-order valence-electron chi connectivity index (χ3n) is 4.09. The van der Waals surface area contributed by atoms with Crippen LogP contribution in [0.3, 0.4) is 0 Å². The molecule has 7 heteroatoms. The van der Waals surface area contributed by atoms with E-state index in [-0.39, 0.29) is 18.4 Å². The summed E-state index contributed by atoms with van der Waals surface area (Å²) in [6.07, 6.45) is 3.99. The second kappa shape index (κ2) is 7.97. The summed E-state index contributed by atoms with van der Waals surface area (Å²) in [6.45, 7) is 1.53. The Morgan fingerprint density at radius 1 is 1.27 bits per heavy atom. The average Bonchev–Trinajstić information content (AvgIpc) is 2.64. The normalized spacial score (nSPS) is 13.3. The number of hydrogen-bond donors (Lipinski definition) is 1. The van der Waals surface area contributed by atoms with Gasteiger partial charge in [0.2, 0.25) is 0 Å². The minimum absolute atomic E-state index is 0.0394. The number of fused-ring (bicyclic) bond motifs is 1. The van der Waals surface area contributed by atoms with Crippen LogP contribution in [0.25, 0.3) is 0 Å². The Balaban J connectivity index is 1.77. The number of nitrogens with zero attached hydrogens (tertiary/aromatic N) is 3. The minimum Gasteiger partial charge on any atom is -0.482 e. The predicted octanol–water partition coefficient (Wildman–Crippen LogP) is 2.01. The highest BCUT2D eigenvalue weighted by Crippen LogP contribution is 2.34. The maximum absolute atomic E-state index is 12.3. The van der Waals surface area contributed by atoms with Crippen molar-refractivity contribution in [3.05, 3.63) is 48.3 Å². The fourth-order valence-electron chi connectivity index (χ4n) is 2.78. The van der Waals surface area contributed by atoms with Crippen LogP contribution in [-0.4, -0.2) is 55.5 Å². The average molecular weight is 354 g/mol. The number of carbonyl (C=O) groups excluding carboxylic acids is 2. The summed E-state index contributed by atoms with van der Waals surface area (Å²) in [6, 6.07) is 8.62. The molecule has 1 aliphatic rings. The van der Waals surface area contributed by atoms with Gasteiger partial charge in [-0.15, -0.1) is 0 Å². The first-order chi connectivity index (χ1) is 12.5. The van der Waals surface area contributed by atoms with Gasteiger partial charge in [-0.1, -0.05) is 0 Å². The molecule has 1 N–H and O–H groups in total. The Morgan fingerprint density at radius 2 is 2.04 bits per heavy atom. The standard InChI is InChI=1S/C19H22N4O3/c1-22(2)10-3-11-23-16-12-15(4-5-17(16)26-13-18(23)24)21-19(25)14-6-8-20-9-7-14/h4-9,12H,3,10-11,13H2,1-2H3,(H,21,25). The number of carbonyl (C=O) groups is 2. The lowest BCUT2D eigenvalue weighted by Gasteiger charge is -2.30. The quantitative estimate of drug-likeness (QED) is 0.859. The summed E-state index contributed by atoms with van der Waals surface area (Å²) in [5.41, 5.74) is 1.82. The molecule has 1 aromatic heterocycles. The maximum Gasteiger partial charge on any atom is 0.265 e. The molecular formula is C19H22N4O3. The van der Waals surface area contributed by atoms with E-state index in [0.29, 0.717) is 29.2 Å². The molecule has 0 radical (unpaired) electrons. The van der Waals surface area contributed by atoms with E-state index in [0.717, 1.165) is 13.0 Å². The summed E-state index contributed by atoms with van der Waals surface area (Å²) < 4.78 is 5.52. The van der Waals surface area contributed by atoms with Gasteiger partial charge in [-0.05, 0) is 57.4 Å². The Labute approximate surface area is 152 Å². The Bertz CT molecular complexity index is 793. The molecule has 0 unspecified atom stereocenters. The highest BCUT2D eigenvalue weighted by atomic mass is 16.5. The molecule has 0 fully saturated rings. The van der Waals surface area contributed by atoms with Crippen molar-refractivity contribution in [2.24, 2.45) is 0 Å². The molecule has 0 saturated carbocycles. The second-order valence-electron chi connectivity index (χ2n) is 6.36. The van der Waals surface area contributed by atoms with E-state index in [9.17, 15) is 9.59 Å². The van der Waals surface area contributed by atoms with Crippen molar-refractivity contribution in [1.29, 1.82) is 0 Å². The van der Waals surface area contributed by atoms with E-state index in [1.165, 1.54) is 0 Å². The first-order valence-electron chi connectivity index (χ1n) is 8.48. The largest absolute Gasteiger partial charge is 0.482 e. The zero-order valence-corrected chi connectivity index (χ0v) is 14.9. The SMILES string of the molecule is CN(C)CCCN1C(=O)COc2ccc(NC(=O)c3ccncc3)cc21. The summed E-state index contributed by atoms with van der Waals surface area (Å²) in [7, 11) is 4.00. The highest BCUT2D eigenvalue weighted by molar-refractivity contribution is 6.05. The van der Waals surface area contributed by atoms with Crippen LogP contribution in [0.1, 0.15) is 16.8 Å². The van der Waals surface area contributed by atoms with E-state index >= 15 is 0 Å². The zero-order valence-electron chi connectivity index (χ0n) is 14.9. The van der Waals surface area contributed by atoms with E-state index in [2.05, 4.69) is 15.2 Å². The van der Waals surface area contributed by atoms with Crippen molar-refractivity contribution in [3.63, 3.8) is 0 Å². The van der Waals surface area contributed by atoms with Crippen molar-refractivity contribution in [2.75, 3.05) is 44.0 Å². The number of nitrogens with one attached hydrogen (secondary N) is 1. The number of rotatable bonds is 6. The maximum atomic E-state index is 12.3. The first-order valence-corrected chi connectivity index (χ1v) is 8.48. The molecule has 26 heavy (non-hydrogen) atoms. The van der Waals surface area contributed by atoms with Gasteiger partial charge in [0.25, 0.3) is 11.8 Å². The van der Waals surface area contributed by atoms with Gasteiger partial charge in [0.15, 0.2) is 6.61 Å². The number of amides is 2. The number of benzene rings is 1. The molecular weight excluding hydrogens is 332 g/mol. The van der Waals surface area contributed by atoms with Crippen LogP contribution in [0.2, 0.25) is 0 Å². The molecule has 1 aliphatic heterocycles. The number of ether oxygens (including phenoxy) is 1. The zero-order chi connectivity index (χ0) is 18.5. The van der Waals surface area contributed by atoms with Crippen LogP contribution < -0.4 is 15.0 Å². The van der Waals surface area contributed by atoms with Gasteiger partial charge in [-0.2, -0.15) is 0 Å². The van der Waals surface area contributed by atoms with Crippen molar-refractivity contribution in [2.45, 2.75) is 6.42 Å². The Kier molecular flexibility index (Phi) is 5.48. The van der Waals surface area contributed by atoms with Gasteiger partial charge >= 0.3 is 0 Å². The van der Waals surface area contributed by atoms with Crippen molar-refractivity contribution >= 4 is 23.2 Å². The number of aromatic nitrogens is 1. The lowest BCUT2D eigenvalue weighted by molar-refractivity contribution is -0.121. The summed E-state index contributed by atoms with van der Waals surface area (Å²) in [5.74, 6) is 0.347. The van der Waals surface area contributed by atoms with Crippen LogP contribution in [0.5, 0.6) is 5.75 Å². The third-order valence-corrected chi connectivity index (χ3v) is 4.09. The number of anilines is 2. The first kappa shape index (κ1) is 17.9. The van der Waals surface area contributed by atoms with Gasteiger partial charge in [0, 0.05) is 30.2 Å². The molecule has 0 saturated heterocycles. The molecule has 0 aliphatic carbocycles. The molecule has 0 bridgehead atoms. The van der Waals surface area contributed by atoms with E-state index in [4.69, 9.17) is 4.74 Å². The van der Waals surface area contributed by atoms with Gasteiger partial charge in [-0.3, -0.25) is 14.6 Å². The van der Waals surface area contributed by atoms with E-state index in [1.807, 2.05) is 14.1 Å². The van der Waals surface area contributed by atoms with Crippen LogP contribution in [0.15, 0.2) is 42.7 Å². The van der Waals surface area contributed by atoms with Crippen molar-refractivity contribution < 1.29 is 14.3 Å². The lowest BCUT2D eigenvalue weighted by atomic mass is 10.2. The molecule has 7 nitrogen and oxygen atoms in total. The lowest BCUT2D eigenvalue weighted by Crippen LogP contribution is -2.40. The molecule has 0 atom stereocenters. The molecule has 0 spiro atoms. The van der Waals surface area contributed by atoms with Crippen molar-refractivity contribution in [1.82, 2.24) is 9.88 Å². The van der Waals surface area contributed by atoms with Gasteiger partial charge < -0.3 is 19.9 Å². The minimum atomic E-state index is -0.227. The van der Waals surface area contributed by atoms with Crippen LogP contribution in [-0.2, 0) is 4.79 Å². The molecule has 3 rings (SSSR count). The topological polar surface area (TPSA) is 74.8 Å². The highest BCUT2D eigenvalue weighted by Gasteiger charge is 2.25. The monoisotopic (exact) mass is 354 g/mol. The fourth-order valence-corrected chi connectivity index (χ4v) is 2.78. The summed E-state index contributed by atoms with van der Waals surface area (Å²) in [5, 5.41) is 2.85. The fraction of sp³-hybridized carbons (Fsp3) is 0.316. The van der Waals surface area contributed by atoms with Gasteiger partial charge in [0.05, 0.1) is 5.69 Å². The van der Waals surface area contributed by atoms with Crippen LogP contribution in [0.4, 0.5) is 11.4 Å². The molecule has 136 valence electrons. The second-order valence-corrected chi connectivity index (χ2v) is 6.36. The van der Waals surface area contributed by atoms with Crippen molar-refractivity contribution in [3.8, 4) is 5.75 Å². The smallest absolute Gasteiger partial charge is 0.265 e. The molecule has 2 aromatic rings. The summed E-state index contributed by atoms with van der Waals surface area (Å²) in [4.78, 5) is 32.3. The summed E-state index contributed by atoms with van der Waals surface area (Å²) >= 11 is 0. The van der Waals surface area contributed by atoms with E-state index < -0.39 is 0 Å². The predicted molar refractivity (Wildman–Crippen MR) is 99.7 cm³/mol. The van der Waals surface area contributed by atoms with Crippen LogP contribution in [0, 0.1) is 0 Å². The van der Waals surface area contributed by atoms with Gasteiger partial charge in [-0.25, -0.2) is 0 Å². The number of hydrogen-bond acceptors (Lipinski definition) is 5.